The molecule has 4 aliphatic rings. The molecule has 7 nitrogen and oxygen atoms in total. The zero-order valence-electron chi connectivity index (χ0n) is 20.2. The van der Waals surface area contributed by atoms with Crippen LogP contribution in [0.25, 0.3) is 17.1 Å². The van der Waals surface area contributed by atoms with Gasteiger partial charge in [-0.2, -0.15) is 4.68 Å². The molecule has 180 valence electrons. The van der Waals surface area contributed by atoms with Crippen molar-refractivity contribution >= 4 is 17.5 Å². The van der Waals surface area contributed by atoms with Crippen molar-refractivity contribution in [2.45, 2.75) is 70.1 Å². The zero-order valence-corrected chi connectivity index (χ0v) is 21.0. The summed E-state index contributed by atoms with van der Waals surface area (Å²) in [7, 11) is 0. The number of nitrogens with zero attached hydrogens (tertiary/aromatic N) is 5. The highest BCUT2D eigenvalue weighted by Gasteiger charge is 2.30. The Morgan fingerprint density at radius 1 is 1.11 bits per heavy atom. The summed E-state index contributed by atoms with van der Waals surface area (Å²) in [5, 5.41) is 5.38. The monoisotopic (exact) mass is 487 g/mol. The average Bonchev–Trinajstić information content (AvgIpc) is 3.62. The number of benzene rings is 1. The highest BCUT2D eigenvalue weighted by Crippen LogP contribution is 2.39. The van der Waals surface area contributed by atoms with E-state index in [1.807, 2.05) is 36.4 Å². The van der Waals surface area contributed by atoms with Gasteiger partial charge in [-0.05, 0) is 64.2 Å². The molecule has 35 heavy (non-hydrogen) atoms. The van der Waals surface area contributed by atoms with E-state index in [1.54, 1.807) is 0 Å². The second kappa shape index (κ2) is 8.82. The maximum atomic E-state index is 13.4. The lowest BCUT2D eigenvalue weighted by molar-refractivity contribution is 0.102. The summed E-state index contributed by atoms with van der Waals surface area (Å²) in [6, 6.07) is 12.1. The summed E-state index contributed by atoms with van der Waals surface area (Å²) in [6.07, 6.45) is 6.39. The molecule has 0 atom stereocenters. The van der Waals surface area contributed by atoms with Crippen molar-refractivity contribution in [2.75, 3.05) is 5.75 Å². The van der Waals surface area contributed by atoms with E-state index in [4.69, 9.17) is 4.98 Å². The molecule has 0 amide bonds. The first-order valence-electron chi connectivity index (χ1n) is 12.4. The minimum atomic E-state index is -0.121. The van der Waals surface area contributed by atoms with Crippen molar-refractivity contribution in [3.63, 3.8) is 0 Å². The molecule has 0 unspecified atom stereocenters. The molecule has 4 heterocycles. The molecule has 6 rings (SSSR count). The van der Waals surface area contributed by atoms with Gasteiger partial charge in [-0.3, -0.25) is 9.59 Å². The number of aromatic nitrogens is 5. The Bertz CT molecular complexity index is 1440. The Kier molecular flexibility index (Phi) is 5.63. The Hall–Kier alpha value is -3.13. The Labute approximate surface area is 208 Å². The third kappa shape index (κ3) is 3.93. The Morgan fingerprint density at radius 2 is 1.91 bits per heavy atom. The first-order valence-corrected chi connectivity index (χ1v) is 13.4. The molecule has 0 saturated heterocycles. The maximum Gasteiger partial charge on any atom is 0.284 e. The molecular weight excluding hydrogens is 458 g/mol. The van der Waals surface area contributed by atoms with E-state index in [9.17, 15) is 9.59 Å². The summed E-state index contributed by atoms with van der Waals surface area (Å²) in [4.78, 5) is 31.5. The second-order valence-electron chi connectivity index (χ2n) is 9.65. The van der Waals surface area contributed by atoms with Crippen molar-refractivity contribution in [1.29, 1.82) is 0 Å². The van der Waals surface area contributed by atoms with Gasteiger partial charge in [0.15, 0.2) is 16.8 Å². The van der Waals surface area contributed by atoms with Crippen LogP contribution in [-0.2, 0) is 13.0 Å². The number of carbonyl (C=O) groups is 1. The number of fused-ring (bicyclic) bond motifs is 3. The number of ketones is 1. The molecule has 0 bridgehead atoms. The van der Waals surface area contributed by atoms with Crippen LogP contribution in [0.3, 0.4) is 0 Å². The summed E-state index contributed by atoms with van der Waals surface area (Å²) < 4.78 is 5.93. The molecule has 3 aliphatic heterocycles. The standard InChI is InChI=1S/C27H29N5O2S/c1-17-15-21(18(2)31(17)19-12-13-19)23(33)16-35-27-28-25-24(22-11-7-4-8-14-30(22)27)26(34)32(29-25)20-9-5-3-6-10-20/h3,5-6,9-10,15,19H,4,7-8,11-14,16H2,1-2H3. The lowest BCUT2D eigenvalue weighted by Gasteiger charge is -2.17. The predicted octanol–water partition coefficient (Wildman–Crippen LogP) is 4.99. The predicted molar refractivity (Wildman–Crippen MR) is 137 cm³/mol. The molecule has 1 saturated carbocycles. The minimum absolute atomic E-state index is 0.121. The smallest absolute Gasteiger partial charge is 0.284 e. The van der Waals surface area contributed by atoms with Gasteiger partial charge >= 0.3 is 0 Å². The second-order valence-corrected chi connectivity index (χ2v) is 10.6. The maximum absolute atomic E-state index is 13.4. The molecule has 1 aromatic carbocycles. The van der Waals surface area contributed by atoms with Gasteiger partial charge in [0.2, 0.25) is 0 Å². The number of hydrogen-bond donors (Lipinski definition) is 0. The van der Waals surface area contributed by atoms with E-state index in [0.29, 0.717) is 23.2 Å². The van der Waals surface area contributed by atoms with Gasteiger partial charge in [-0.25, -0.2) is 4.98 Å². The van der Waals surface area contributed by atoms with Crippen molar-refractivity contribution in [3.8, 4) is 17.1 Å². The number of carbonyl (C=O) groups excluding carboxylic acids is 1. The average molecular weight is 488 g/mol. The molecule has 1 aromatic heterocycles. The van der Waals surface area contributed by atoms with Crippen LogP contribution in [0.5, 0.6) is 0 Å². The van der Waals surface area contributed by atoms with Gasteiger partial charge in [0.1, 0.15) is 5.56 Å². The normalized spacial score (nSPS) is 15.8. The lowest BCUT2D eigenvalue weighted by atomic mass is 10.1. The van der Waals surface area contributed by atoms with Crippen LogP contribution in [0.15, 0.2) is 46.3 Å². The van der Waals surface area contributed by atoms with Crippen molar-refractivity contribution in [2.24, 2.45) is 0 Å². The van der Waals surface area contributed by atoms with E-state index in [0.717, 1.165) is 65.7 Å². The number of thioether (sulfide) groups is 1. The van der Waals surface area contributed by atoms with E-state index < -0.39 is 0 Å². The number of hydrogen-bond acceptors (Lipinski definition) is 5. The Morgan fingerprint density at radius 3 is 2.69 bits per heavy atom. The van der Waals surface area contributed by atoms with Gasteiger partial charge in [0, 0.05) is 35.2 Å². The zero-order chi connectivity index (χ0) is 24.1. The number of Topliss-reactive ketones (excluding diaryl/α,β-unsaturated/α-hetero) is 1. The highest BCUT2D eigenvalue weighted by atomic mass is 32.2. The molecule has 1 fully saturated rings. The van der Waals surface area contributed by atoms with Crippen molar-refractivity contribution in [1.82, 2.24) is 23.9 Å². The van der Waals surface area contributed by atoms with E-state index in [1.165, 1.54) is 29.3 Å². The molecular formula is C27H29N5O2S. The summed E-state index contributed by atoms with van der Waals surface area (Å²) in [6.45, 7) is 4.95. The van der Waals surface area contributed by atoms with E-state index in [2.05, 4.69) is 28.1 Å². The van der Waals surface area contributed by atoms with Crippen LogP contribution in [-0.4, -0.2) is 35.4 Å². The minimum Gasteiger partial charge on any atom is -0.345 e. The van der Waals surface area contributed by atoms with Gasteiger partial charge in [0.25, 0.3) is 5.56 Å². The Balaban J connectivity index is 1.37. The van der Waals surface area contributed by atoms with Crippen LogP contribution in [0.4, 0.5) is 0 Å². The molecule has 0 spiro atoms. The van der Waals surface area contributed by atoms with Gasteiger partial charge in [-0.1, -0.05) is 36.4 Å². The van der Waals surface area contributed by atoms with E-state index >= 15 is 0 Å². The third-order valence-electron chi connectivity index (χ3n) is 7.20. The van der Waals surface area contributed by atoms with Crippen LogP contribution < -0.4 is 5.56 Å². The number of rotatable bonds is 6. The highest BCUT2D eigenvalue weighted by molar-refractivity contribution is 7.99. The molecule has 0 N–H and O–H groups in total. The molecule has 0 radical (unpaired) electrons. The number of aryl methyl sites for hydroxylation is 1. The molecule has 1 aliphatic carbocycles. The largest absolute Gasteiger partial charge is 0.345 e. The van der Waals surface area contributed by atoms with Gasteiger partial charge in [-0.15, -0.1) is 5.10 Å². The molecule has 8 heteroatoms. The topological polar surface area (TPSA) is 74.7 Å². The van der Waals surface area contributed by atoms with E-state index in [-0.39, 0.29) is 11.3 Å². The number of para-hydroxylation sites is 1. The summed E-state index contributed by atoms with van der Waals surface area (Å²) >= 11 is 1.46. The SMILES string of the molecule is Cc1cc(C(=O)CSc2nc3nn(-c4ccccc4)c(=O)c-3c3n2CCCCC3)c(C)n1C1CC1. The van der Waals surface area contributed by atoms with Gasteiger partial charge < -0.3 is 9.13 Å². The first kappa shape index (κ1) is 22.3. The lowest BCUT2D eigenvalue weighted by Crippen LogP contribution is -2.19. The fourth-order valence-electron chi connectivity index (χ4n) is 5.37. The molecule has 2 aromatic rings. The van der Waals surface area contributed by atoms with Crippen LogP contribution in [0, 0.1) is 13.8 Å². The van der Waals surface area contributed by atoms with Crippen LogP contribution >= 0.6 is 11.8 Å². The van der Waals surface area contributed by atoms with Crippen LogP contribution in [0.2, 0.25) is 0 Å². The van der Waals surface area contributed by atoms with Crippen molar-refractivity contribution < 1.29 is 4.79 Å². The fourth-order valence-corrected chi connectivity index (χ4v) is 6.29. The fraction of sp³-hybridized carbons (Fsp3) is 0.407. The third-order valence-corrected chi connectivity index (χ3v) is 8.17. The van der Waals surface area contributed by atoms with Crippen LogP contribution in [0.1, 0.15) is 65.6 Å². The quantitative estimate of drug-likeness (QED) is 0.218. The van der Waals surface area contributed by atoms with Crippen molar-refractivity contribution in [3.05, 3.63) is 69.4 Å². The first-order chi connectivity index (χ1) is 17.0. The summed E-state index contributed by atoms with van der Waals surface area (Å²) in [5.41, 5.74) is 5.27. The van der Waals surface area contributed by atoms with Gasteiger partial charge in [0.05, 0.1) is 11.4 Å². The summed E-state index contributed by atoms with van der Waals surface area (Å²) in [5.74, 6) is 0.907.